The molecule has 0 saturated carbocycles. The Morgan fingerprint density at radius 3 is 2.87 bits per heavy atom. The Labute approximate surface area is 100 Å². The highest BCUT2D eigenvalue weighted by atomic mass is 79.9. The molecule has 1 rings (SSSR count). The highest BCUT2D eigenvalue weighted by molar-refractivity contribution is 9.10. The lowest BCUT2D eigenvalue weighted by molar-refractivity contribution is 0.664. The molecular weight excluding hydrogens is 250 g/mol. The van der Waals surface area contributed by atoms with Gasteiger partial charge in [0.25, 0.3) is 0 Å². The van der Waals surface area contributed by atoms with Gasteiger partial charge in [-0.25, -0.2) is 0 Å². The molecule has 0 aliphatic rings. The van der Waals surface area contributed by atoms with E-state index in [0.717, 1.165) is 17.3 Å². The Kier molecular flexibility index (Phi) is 4.87. The summed E-state index contributed by atoms with van der Waals surface area (Å²) < 4.78 is 1.09. The van der Waals surface area contributed by atoms with Gasteiger partial charge in [-0.1, -0.05) is 33.6 Å². The predicted molar refractivity (Wildman–Crippen MR) is 68.5 cm³/mol. The van der Waals surface area contributed by atoms with Crippen LogP contribution in [0.4, 0.5) is 0 Å². The number of hydrogen-bond acceptors (Lipinski definition) is 1. The molecular formula is C13H16BrN. The molecule has 0 bridgehead atoms. The molecule has 1 unspecified atom stereocenters. The van der Waals surface area contributed by atoms with Gasteiger partial charge in [0.05, 0.1) is 0 Å². The first kappa shape index (κ1) is 12.3. The lowest BCUT2D eigenvalue weighted by Gasteiger charge is -2.13. The second-order valence-corrected chi connectivity index (χ2v) is 4.45. The smallest absolute Gasteiger partial charge is 0.0315 e. The van der Waals surface area contributed by atoms with E-state index in [0.29, 0.717) is 0 Å². The van der Waals surface area contributed by atoms with Gasteiger partial charge in [0.2, 0.25) is 0 Å². The van der Waals surface area contributed by atoms with Crippen LogP contribution in [0.15, 0.2) is 22.7 Å². The molecule has 2 N–H and O–H groups in total. The molecule has 0 amide bonds. The van der Waals surface area contributed by atoms with E-state index >= 15 is 0 Å². The maximum Gasteiger partial charge on any atom is 0.0315 e. The van der Waals surface area contributed by atoms with Crippen molar-refractivity contribution in [2.45, 2.75) is 32.7 Å². The van der Waals surface area contributed by atoms with Gasteiger partial charge in [0.15, 0.2) is 0 Å². The van der Waals surface area contributed by atoms with E-state index in [1.807, 2.05) is 6.92 Å². The third-order valence-electron chi connectivity index (χ3n) is 2.31. The molecule has 0 saturated heterocycles. The van der Waals surface area contributed by atoms with Crippen LogP contribution in [0.25, 0.3) is 0 Å². The van der Waals surface area contributed by atoms with Crippen LogP contribution in [0.2, 0.25) is 0 Å². The molecule has 1 aromatic carbocycles. The van der Waals surface area contributed by atoms with Gasteiger partial charge >= 0.3 is 0 Å². The van der Waals surface area contributed by atoms with Crippen molar-refractivity contribution < 1.29 is 0 Å². The van der Waals surface area contributed by atoms with Crippen molar-refractivity contribution in [2.75, 3.05) is 0 Å². The third kappa shape index (κ3) is 3.70. The summed E-state index contributed by atoms with van der Waals surface area (Å²) >= 11 is 3.52. The van der Waals surface area contributed by atoms with Crippen molar-refractivity contribution in [3.63, 3.8) is 0 Å². The van der Waals surface area contributed by atoms with E-state index in [2.05, 4.69) is 52.9 Å². The molecule has 0 aromatic heterocycles. The summed E-state index contributed by atoms with van der Waals surface area (Å²) in [5.41, 5.74) is 8.52. The van der Waals surface area contributed by atoms with Crippen LogP contribution in [-0.2, 0) is 0 Å². The highest BCUT2D eigenvalue weighted by Crippen LogP contribution is 2.25. The maximum absolute atomic E-state index is 6.11. The zero-order chi connectivity index (χ0) is 11.3. The van der Waals surface area contributed by atoms with Gasteiger partial charge in [-0.15, -0.1) is 11.8 Å². The van der Waals surface area contributed by atoms with Gasteiger partial charge in [-0.2, -0.15) is 0 Å². The van der Waals surface area contributed by atoms with Gasteiger partial charge in [0, 0.05) is 16.9 Å². The Hall–Kier alpha value is -0.780. The second-order valence-electron chi connectivity index (χ2n) is 3.60. The highest BCUT2D eigenvalue weighted by Gasteiger charge is 2.08. The first-order valence-corrected chi connectivity index (χ1v) is 5.85. The summed E-state index contributed by atoms with van der Waals surface area (Å²) in [5, 5.41) is 0. The number of nitrogens with two attached hydrogens (primary N) is 1. The molecule has 1 aromatic rings. The van der Waals surface area contributed by atoms with Crippen LogP contribution in [0.1, 0.15) is 36.9 Å². The van der Waals surface area contributed by atoms with E-state index in [1.54, 1.807) is 0 Å². The summed E-state index contributed by atoms with van der Waals surface area (Å²) in [4.78, 5) is 0. The molecule has 0 aliphatic heterocycles. The van der Waals surface area contributed by atoms with Crippen molar-refractivity contribution in [1.29, 1.82) is 0 Å². The quantitative estimate of drug-likeness (QED) is 0.832. The molecule has 0 fully saturated rings. The SMILES string of the molecule is CC#CCCC(N)c1cc(C)ccc1Br. The van der Waals surface area contributed by atoms with Gasteiger partial charge in [-0.05, 0) is 31.9 Å². The van der Waals surface area contributed by atoms with Crippen molar-refractivity contribution in [3.8, 4) is 11.8 Å². The minimum atomic E-state index is 0.0696. The molecule has 1 atom stereocenters. The number of aryl methyl sites for hydroxylation is 1. The van der Waals surface area contributed by atoms with Crippen LogP contribution in [-0.4, -0.2) is 0 Å². The molecule has 0 heterocycles. The normalized spacial score (nSPS) is 11.7. The van der Waals surface area contributed by atoms with Crippen LogP contribution >= 0.6 is 15.9 Å². The first-order valence-electron chi connectivity index (χ1n) is 5.06. The molecule has 2 heteroatoms. The molecule has 0 aliphatic carbocycles. The molecule has 80 valence electrons. The number of benzene rings is 1. The number of halogens is 1. The predicted octanol–water partition coefficient (Wildman–Crippen LogP) is 3.56. The zero-order valence-electron chi connectivity index (χ0n) is 9.18. The number of hydrogen-bond donors (Lipinski definition) is 1. The van der Waals surface area contributed by atoms with E-state index in [1.165, 1.54) is 11.1 Å². The lowest BCUT2D eigenvalue weighted by atomic mass is 10.0. The minimum Gasteiger partial charge on any atom is -0.324 e. The average Bonchev–Trinajstić information content (AvgIpc) is 2.22. The van der Waals surface area contributed by atoms with Crippen molar-refractivity contribution >= 4 is 15.9 Å². The van der Waals surface area contributed by atoms with Crippen LogP contribution < -0.4 is 5.73 Å². The van der Waals surface area contributed by atoms with E-state index in [4.69, 9.17) is 5.73 Å². The second kappa shape index (κ2) is 5.95. The first-order chi connectivity index (χ1) is 7.15. The Bertz CT molecular complexity index is 387. The Morgan fingerprint density at radius 1 is 1.47 bits per heavy atom. The van der Waals surface area contributed by atoms with Gasteiger partial charge in [0.1, 0.15) is 0 Å². The van der Waals surface area contributed by atoms with E-state index < -0.39 is 0 Å². The fraction of sp³-hybridized carbons (Fsp3) is 0.385. The van der Waals surface area contributed by atoms with Gasteiger partial charge < -0.3 is 5.73 Å². The van der Waals surface area contributed by atoms with E-state index in [9.17, 15) is 0 Å². The van der Waals surface area contributed by atoms with Crippen LogP contribution in [0.5, 0.6) is 0 Å². The maximum atomic E-state index is 6.11. The van der Waals surface area contributed by atoms with Gasteiger partial charge in [-0.3, -0.25) is 0 Å². The monoisotopic (exact) mass is 265 g/mol. The van der Waals surface area contributed by atoms with Crippen LogP contribution in [0, 0.1) is 18.8 Å². The Morgan fingerprint density at radius 2 is 2.20 bits per heavy atom. The summed E-state index contributed by atoms with van der Waals surface area (Å²) in [5.74, 6) is 5.92. The summed E-state index contributed by atoms with van der Waals surface area (Å²) in [6.45, 7) is 3.93. The summed E-state index contributed by atoms with van der Waals surface area (Å²) in [6, 6.07) is 6.33. The molecule has 0 radical (unpaired) electrons. The molecule has 1 nitrogen and oxygen atoms in total. The fourth-order valence-electron chi connectivity index (χ4n) is 1.46. The zero-order valence-corrected chi connectivity index (χ0v) is 10.8. The molecule has 15 heavy (non-hydrogen) atoms. The minimum absolute atomic E-state index is 0.0696. The summed E-state index contributed by atoms with van der Waals surface area (Å²) in [7, 11) is 0. The third-order valence-corrected chi connectivity index (χ3v) is 3.03. The lowest BCUT2D eigenvalue weighted by Crippen LogP contribution is -2.10. The molecule has 0 spiro atoms. The van der Waals surface area contributed by atoms with Crippen LogP contribution in [0.3, 0.4) is 0 Å². The van der Waals surface area contributed by atoms with Crippen molar-refractivity contribution in [3.05, 3.63) is 33.8 Å². The number of rotatable bonds is 3. The Balaban J connectivity index is 2.74. The average molecular weight is 266 g/mol. The van der Waals surface area contributed by atoms with Crippen molar-refractivity contribution in [2.24, 2.45) is 5.73 Å². The standard InChI is InChI=1S/C13H16BrN/c1-3-4-5-6-13(15)11-9-10(2)7-8-12(11)14/h7-9,13H,5-6,15H2,1-2H3. The fourth-order valence-corrected chi connectivity index (χ4v) is 2.00. The van der Waals surface area contributed by atoms with Crippen molar-refractivity contribution in [1.82, 2.24) is 0 Å². The topological polar surface area (TPSA) is 26.0 Å². The van der Waals surface area contributed by atoms with E-state index in [-0.39, 0.29) is 6.04 Å². The largest absolute Gasteiger partial charge is 0.324 e. The summed E-state index contributed by atoms with van der Waals surface area (Å²) in [6.07, 6.45) is 1.76.